The number of methoxy groups -OCH3 is 1. The molecule has 0 bridgehead atoms. The number of aromatic nitrogens is 1. The van der Waals surface area contributed by atoms with Crippen LogP contribution in [-0.4, -0.2) is 33.6 Å². The van der Waals surface area contributed by atoms with Crippen molar-refractivity contribution in [2.24, 2.45) is 5.41 Å². The Morgan fingerprint density at radius 2 is 1.64 bits per heavy atom. The Morgan fingerprint density at radius 1 is 1.02 bits per heavy atom. The third-order valence-electron chi connectivity index (χ3n) is 9.97. The van der Waals surface area contributed by atoms with E-state index in [9.17, 15) is 13.2 Å². The van der Waals surface area contributed by atoms with E-state index in [1.54, 1.807) is 19.2 Å². The van der Waals surface area contributed by atoms with E-state index in [1.165, 1.54) is 0 Å². The number of hydrogen-bond acceptors (Lipinski definition) is 5. The van der Waals surface area contributed by atoms with E-state index in [-0.39, 0.29) is 22.7 Å². The van der Waals surface area contributed by atoms with Crippen LogP contribution < -0.4 is 0 Å². The number of pyridine rings is 1. The van der Waals surface area contributed by atoms with Crippen molar-refractivity contribution in [1.29, 1.82) is 0 Å². The standard InChI is InChI=1S/C33H46F3NO4Si/c1-20(38-7)28-26-27(25-23(37-28)18-31(5,6)19-24(25)41-42(8,9)30(2,3)4)32(14-16-39-17-15-32)40-29(26)21-10-12-22(13-11-21)33(34,35)36/h10-13,20,24,29H,14-19H2,1-9H3/t20?,24?,29-/m1/s1. The number of rotatable bonds is 5. The van der Waals surface area contributed by atoms with Crippen LogP contribution >= 0.6 is 0 Å². The highest BCUT2D eigenvalue weighted by Crippen LogP contribution is 2.59. The molecule has 5 rings (SSSR count). The quantitative estimate of drug-likeness (QED) is 0.319. The zero-order valence-electron chi connectivity index (χ0n) is 26.5. The molecule has 3 atom stereocenters. The molecule has 1 aliphatic carbocycles. The maximum atomic E-state index is 13.5. The van der Waals surface area contributed by atoms with Gasteiger partial charge in [-0.3, -0.25) is 4.98 Å². The highest BCUT2D eigenvalue weighted by molar-refractivity contribution is 6.74. The molecule has 2 aliphatic heterocycles. The topological polar surface area (TPSA) is 49.8 Å². The van der Waals surface area contributed by atoms with E-state index in [4.69, 9.17) is 23.6 Å². The maximum Gasteiger partial charge on any atom is 0.416 e. The van der Waals surface area contributed by atoms with E-state index in [1.807, 2.05) is 6.92 Å². The van der Waals surface area contributed by atoms with Gasteiger partial charge in [-0.25, -0.2) is 0 Å². The van der Waals surface area contributed by atoms with E-state index < -0.39 is 31.8 Å². The SMILES string of the molecule is COC(C)c1nc2c(c3c1[C@@H](c1ccc(C(F)(F)F)cc1)OC31CCOCC1)C(O[Si](C)(C)C(C)(C)C)CC(C)(C)C2. The van der Waals surface area contributed by atoms with Crippen LogP contribution in [0, 0.1) is 5.41 Å². The minimum absolute atomic E-state index is 0.0193. The molecule has 1 aromatic heterocycles. The van der Waals surface area contributed by atoms with Crippen LogP contribution in [0.25, 0.3) is 0 Å². The lowest BCUT2D eigenvalue weighted by molar-refractivity contribution is -0.137. The van der Waals surface area contributed by atoms with Gasteiger partial charge in [-0.1, -0.05) is 46.8 Å². The molecule has 1 saturated heterocycles. The summed E-state index contributed by atoms with van der Waals surface area (Å²) in [5.74, 6) is 0. The molecule has 0 radical (unpaired) electrons. The first-order chi connectivity index (χ1) is 19.4. The summed E-state index contributed by atoms with van der Waals surface area (Å²) in [7, 11) is -0.524. The lowest BCUT2D eigenvalue weighted by Crippen LogP contribution is -2.45. The van der Waals surface area contributed by atoms with Gasteiger partial charge in [0.15, 0.2) is 8.32 Å². The number of benzene rings is 1. The second-order valence-corrected chi connectivity index (χ2v) is 19.4. The molecule has 0 N–H and O–H groups in total. The monoisotopic (exact) mass is 605 g/mol. The summed E-state index contributed by atoms with van der Waals surface area (Å²) < 4.78 is 66.4. The van der Waals surface area contributed by atoms with Crippen molar-refractivity contribution in [2.45, 2.75) is 115 Å². The molecule has 3 heterocycles. The molecular weight excluding hydrogens is 559 g/mol. The predicted molar refractivity (Wildman–Crippen MR) is 159 cm³/mol. The second-order valence-electron chi connectivity index (χ2n) is 14.7. The summed E-state index contributed by atoms with van der Waals surface area (Å²) in [6.45, 7) is 19.0. The Labute approximate surface area is 249 Å². The van der Waals surface area contributed by atoms with Crippen LogP contribution in [0.4, 0.5) is 13.2 Å². The number of nitrogens with zero attached hydrogens (tertiary/aromatic N) is 1. The van der Waals surface area contributed by atoms with Crippen molar-refractivity contribution in [3.63, 3.8) is 0 Å². The Bertz CT molecular complexity index is 1310. The van der Waals surface area contributed by atoms with Crippen molar-refractivity contribution in [2.75, 3.05) is 20.3 Å². The maximum absolute atomic E-state index is 13.5. The third kappa shape index (κ3) is 5.60. The van der Waals surface area contributed by atoms with Crippen LogP contribution in [0.1, 0.15) is 118 Å². The normalized spacial score (nSPS) is 24.4. The van der Waals surface area contributed by atoms with Gasteiger partial charge in [-0.05, 0) is 66.6 Å². The van der Waals surface area contributed by atoms with Crippen molar-refractivity contribution >= 4 is 8.32 Å². The Kier molecular flexibility index (Phi) is 8.05. The summed E-state index contributed by atoms with van der Waals surface area (Å²) in [6.07, 6.45) is -2.50. The molecule has 1 aromatic carbocycles. The first kappa shape index (κ1) is 31.6. The summed E-state index contributed by atoms with van der Waals surface area (Å²) in [5.41, 5.74) is 4.31. The van der Waals surface area contributed by atoms with Gasteiger partial charge in [-0.2, -0.15) is 13.2 Å². The lowest BCUT2D eigenvalue weighted by Gasteiger charge is -2.46. The Morgan fingerprint density at radius 3 is 2.19 bits per heavy atom. The molecule has 5 nitrogen and oxygen atoms in total. The van der Waals surface area contributed by atoms with Crippen LogP contribution in [0.3, 0.4) is 0 Å². The van der Waals surface area contributed by atoms with Crippen molar-refractivity contribution in [3.8, 4) is 0 Å². The Balaban J connectivity index is 1.78. The molecule has 3 aliphatic rings. The van der Waals surface area contributed by atoms with Gasteiger partial charge in [0.1, 0.15) is 6.10 Å². The summed E-state index contributed by atoms with van der Waals surface area (Å²) >= 11 is 0. The molecule has 2 aromatic rings. The molecule has 1 fully saturated rings. The average Bonchev–Trinajstić information content (AvgIpc) is 3.20. The van der Waals surface area contributed by atoms with Gasteiger partial charge in [0, 0.05) is 50.0 Å². The molecule has 0 saturated carbocycles. The first-order valence-corrected chi connectivity index (χ1v) is 18.0. The lowest BCUT2D eigenvalue weighted by atomic mass is 9.70. The van der Waals surface area contributed by atoms with Crippen LogP contribution in [0.5, 0.6) is 0 Å². The first-order valence-electron chi connectivity index (χ1n) is 15.1. The summed E-state index contributed by atoms with van der Waals surface area (Å²) in [4.78, 5) is 5.32. The molecule has 2 unspecified atom stereocenters. The fraction of sp³-hybridized carbons (Fsp3) is 0.667. The number of hydrogen-bond donors (Lipinski definition) is 0. The van der Waals surface area contributed by atoms with Crippen molar-refractivity contribution in [1.82, 2.24) is 4.98 Å². The third-order valence-corrected chi connectivity index (χ3v) is 14.5. The molecule has 1 spiro atoms. The van der Waals surface area contributed by atoms with E-state index in [2.05, 4.69) is 47.7 Å². The minimum Gasteiger partial charge on any atom is -0.410 e. The van der Waals surface area contributed by atoms with Crippen molar-refractivity contribution in [3.05, 3.63) is 63.5 Å². The Hall–Kier alpha value is -1.78. The number of halogens is 3. The molecule has 0 amide bonds. The van der Waals surface area contributed by atoms with Gasteiger partial charge in [-0.15, -0.1) is 0 Å². The molecule has 232 valence electrons. The predicted octanol–water partition coefficient (Wildman–Crippen LogP) is 8.97. The molecule has 42 heavy (non-hydrogen) atoms. The van der Waals surface area contributed by atoms with Gasteiger partial charge >= 0.3 is 6.18 Å². The highest BCUT2D eigenvalue weighted by atomic mass is 28.4. The minimum atomic E-state index is -4.41. The zero-order chi connectivity index (χ0) is 30.9. The fourth-order valence-corrected chi connectivity index (χ4v) is 7.87. The van der Waals surface area contributed by atoms with Gasteiger partial charge < -0.3 is 18.6 Å². The number of fused-ring (bicyclic) bond motifs is 4. The highest BCUT2D eigenvalue weighted by Gasteiger charge is 2.54. The van der Waals surface area contributed by atoms with E-state index in [0.717, 1.165) is 53.1 Å². The molecular formula is C33H46F3NO4Si. The van der Waals surface area contributed by atoms with Crippen LogP contribution in [0.2, 0.25) is 18.1 Å². The average molecular weight is 606 g/mol. The fourth-order valence-electron chi connectivity index (χ4n) is 6.60. The van der Waals surface area contributed by atoms with Crippen LogP contribution in [0.15, 0.2) is 24.3 Å². The van der Waals surface area contributed by atoms with Crippen molar-refractivity contribution < 1.29 is 31.8 Å². The van der Waals surface area contributed by atoms with E-state index in [0.29, 0.717) is 31.6 Å². The van der Waals surface area contributed by atoms with Gasteiger partial charge in [0.25, 0.3) is 0 Å². The van der Waals surface area contributed by atoms with E-state index >= 15 is 0 Å². The largest absolute Gasteiger partial charge is 0.416 e. The zero-order valence-corrected chi connectivity index (χ0v) is 27.5. The second kappa shape index (κ2) is 10.7. The number of alkyl halides is 3. The number of ether oxygens (including phenoxy) is 3. The molecule has 9 heteroatoms. The van der Waals surface area contributed by atoms with Gasteiger partial charge in [0.2, 0.25) is 0 Å². The summed E-state index contributed by atoms with van der Waals surface area (Å²) in [6, 6.07) is 5.38. The van der Waals surface area contributed by atoms with Gasteiger partial charge in [0.05, 0.1) is 29.1 Å². The summed E-state index contributed by atoms with van der Waals surface area (Å²) in [5, 5.41) is 0.0193. The van der Waals surface area contributed by atoms with Crippen LogP contribution in [-0.2, 0) is 36.8 Å². The smallest absolute Gasteiger partial charge is 0.410 e.